The molecule has 2 aromatic rings. The van der Waals surface area contributed by atoms with Crippen LogP contribution in [0, 0.1) is 0 Å². The number of hydrogen-bond donors (Lipinski definition) is 1. The van der Waals surface area contributed by atoms with Crippen molar-refractivity contribution in [3.8, 4) is 0 Å². The summed E-state index contributed by atoms with van der Waals surface area (Å²) in [5, 5.41) is 3.42. The highest BCUT2D eigenvalue weighted by Gasteiger charge is 2.50. The molecule has 1 aliphatic heterocycles. The van der Waals surface area contributed by atoms with Crippen LogP contribution in [-0.4, -0.2) is 38.9 Å². The quantitative estimate of drug-likeness (QED) is 0.555. The summed E-state index contributed by atoms with van der Waals surface area (Å²) in [6.07, 6.45) is 14.8. The second-order valence-corrected chi connectivity index (χ2v) is 11.9. The summed E-state index contributed by atoms with van der Waals surface area (Å²) in [6, 6.07) is 4.69. The number of hydrogen-bond acceptors (Lipinski definition) is 3. The number of amides is 2. The molecule has 3 heterocycles. The van der Waals surface area contributed by atoms with E-state index in [0.29, 0.717) is 6.54 Å². The second kappa shape index (κ2) is 9.44. The van der Waals surface area contributed by atoms with Crippen LogP contribution in [0.15, 0.2) is 12.1 Å². The van der Waals surface area contributed by atoms with Crippen molar-refractivity contribution in [3.63, 3.8) is 0 Å². The summed E-state index contributed by atoms with van der Waals surface area (Å²) in [5.74, 6) is 0.0959. The van der Waals surface area contributed by atoms with Crippen LogP contribution in [0.3, 0.4) is 0 Å². The molecule has 2 fully saturated rings. The van der Waals surface area contributed by atoms with Gasteiger partial charge in [-0.25, -0.2) is 0 Å². The van der Waals surface area contributed by atoms with Crippen molar-refractivity contribution in [2.45, 2.75) is 121 Å². The fourth-order valence-electron chi connectivity index (χ4n) is 6.38. The molecule has 2 amide bonds. The summed E-state index contributed by atoms with van der Waals surface area (Å²) in [7, 11) is 0. The molecule has 2 aromatic heterocycles. The molecular weight excluding hydrogens is 430 g/mol. The number of thiophene rings is 1. The molecule has 2 saturated carbocycles. The van der Waals surface area contributed by atoms with E-state index in [1.165, 1.54) is 48.1 Å². The Morgan fingerprint density at radius 2 is 1.67 bits per heavy atom. The Bertz CT molecular complexity index is 1010. The minimum atomic E-state index is -0.855. The zero-order chi connectivity index (χ0) is 23.0. The standard InChI is InChI=1S/C27H39N3O2S/c1-3-21-16-22-24(33-21)17-23-25(31)30(20-14-10-6-7-11-15-20)27(2,18-29(22)23)26(32)28-19-12-8-4-5-9-13-19/h16-17,19-20H,3-15,18H2,1-2H3,(H,28,32)/t27-/m1/s1. The molecule has 0 unspecified atom stereocenters. The Kier molecular flexibility index (Phi) is 6.56. The normalized spacial score (nSPS) is 25.6. The van der Waals surface area contributed by atoms with Gasteiger partial charge in [-0.15, -0.1) is 11.3 Å². The van der Waals surface area contributed by atoms with E-state index in [2.05, 4.69) is 28.9 Å². The number of fused-ring (bicyclic) bond motifs is 3. The van der Waals surface area contributed by atoms with Crippen LogP contribution >= 0.6 is 11.3 Å². The van der Waals surface area contributed by atoms with Crippen molar-refractivity contribution in [1.29, 1.82) is 0 Å². The highest BCUT2D eigenvalue weighted by molar-refractivity contribution is 7.19. The third-order valence-electron chi connectivity index (χ3n) is 8.29. The van der Waals surface area contributed by atoms with Gasteiger partial charge in [0.1, 0.15) is 11.2 Å². The third kappa shape index (κ3) is 4.24. The van der Waals surface area contributed by atoms with Crippen LogP contribution in [0.25, 0.3) is 10.2 Å². The number of nitrogens with one attached hydrogen (secondary N) is 1. The number of rotatable bonds is 4. The van der Waals surface area contributed by atoms with E-state index in [1.54, 1.807) is 11.3 Å². The number of nitrogens with zero attached hydrogens (tertiary/aromatic N) is 2. The zero-order valence-electron chi connectivity index (χ0n) is 20.3. The van der Waals surface area contributed by atoms with Gasteiger partial charge in [-0.2, -0.15) is 0 Å². The monoisotopic (exact) mass is 469 g/mol. The lowest BCUT2D eigenvalue weighted by Gasteiger charge is -2.48. The van der Waals surface area contributed by atoms with Gasteiger partial charge < -0.3 is 14.8 Å². The van der Waals surface area contributed by atoms with Gasteiger partial charge in [0.25, 0.3) is 5.91 Å². The lowest BCUT2D eigenvalue weighted by molar-refractivity contribution is -0.135. The first kappa shape index (κ1) is 22.9. The van der Waals surface area contributed by atoms with E-state index in [4.69, 9.17) is 0 Å². The molecule has 180 valence electrons. The minimum absolute atomic E-state index is 0.0467. The molecule has 1 atom stereocenters. The predicted molar refractivity (Wildman–Crippen MR) is 135 cm³/mol. The van der Waals surface area contributed by atoms with E-state index < -0.39 is 5.54 Å². The average Bonchev–Trinajstić information content (AvgIpc) is 3.08. The molecule has 5 rings (SSSR count). The Morgan fingerprint density at radius 1 is 1.03 bits per heavy atom. The molecular formula is C27H39N3O2S. The van der Waals surface area contributed by atoms with E-state index in [9.17, 15) is 9.59 Å². The number of carbonyl (C=O) groups excluding carboxylic acids is 2. The average molecular weight is 470 g/mol. The first-order chi connectivity index (χ1) is 16.0. The Morgan fingerprint density at radius 3 is 2.30 bits per heavy atom. The van der Waals surface area contributed by atoms with E-state index in [1.807, 2.05) is 11.8 Å². The molecule has 0 radical (unpaired) electrons. The summed E-state index contributed by atoms with van der Waals surface area (Å²) < 4.78 is 3.32. The fraction of sp³-hybridized carbons (Fsp3) is 0.704. The maximum atomic E-state index is 14.0. The van der Waals surface area contributed by atoms with E-state index >= 15 is 0 Å². The summed E-state index contributed by atoms with van der Waals surface area (Å²) >= 11 is 1.78. The maximum Gasteiger partial charge on any atom is 0.271 e. The molecule has 0 saturated heterocycles. The Hall–Kier alpha value is -1.82. The van der Waals surface area contributed by atoms with Gasteiger partial charge >= 0.3 is 0 Å². The van der Waals surface area contributed by atoms with Gasteiger partial charge in [0.15, 0.2) is 0 Å². The van der Waals surface area contributed by atoms with Crippen molar-refractivity contribution in [1.82, 2.24) is 14.8 Å². The van der Waals surface area contributed by atoms with Crippen molar-refractivity contribution in [2.75, 3.05) is 0 Å². The number of aryl methyl sites for hydroxylation is 1. The topological polar surface area (TPSA) is 54.3 Å². The minimum Gasteiger partial charge on any atom is -0.351 e. The van der Waals surface area contributed by atoms with Gasteiger partial charge in [-0.05, 0) is 51.2 Å². The Balaban J connectivity index is 1.53. The first-order valence-corrected chi connectivity index (χ1v) is 14.1. The highest BCUT2D eigenvalue weighted by Crippen LogP contribution is 2.39. The van der Waals surface area contributed by atoms with Crippen molar-refractivity contribution in [2.24, 2.45) is 0 Å². The molecule has 0 bridgehead atoms. The van der Waals surface area contributed by atoms with Crippen LogP contribution in [0.2, 0.25) is 0 Å². The molecule has 2 aliphatic carbocycles. The molecule has 0 spiro atoms. The fourth-order valence-corrected chi connectivity index (χ4v) is 7.42. The molecule has 33 heavy (non-hydrogen) atoms. The van der Waals surface area contributed by atoms with Crippen LogP contribution in [0.1, 0.15) is 106 Å². The highest BCUT2D eigenvalue weighted by atomic mass is 32.1. The lowest BCUT2D eigenvalue weighted by Crippen LogP contribution is -2.67. The van der Waals surface area contributed by atoms with Gasteiger partial charge in [0.05, 0.1) is 16.8 Å². The number of aromatic nitrogens is 1. The van der Waals surface area contributed by atoms with Crippen molar-refractivity contribution >= 4 is 33.4 Å². The first-order valence-electron chi connectivity index (χ1n) is 13.3. The molecule has 1 N–H and O–H groups in total. The van der Waals surface area contributed by atoms with E-state index in [-0.39, 0.29) is 23.9 Å². The van der Waals surface area contributed by atoms with Crippen LogP contribution in [0.4, 0.5) is 0 Å². The molecule has 0 aromatic carbocycles. The Labute approximate surface area is 201 Å². The third-order valence-corrected chi connectivity index (χ3v) is 9.51. The SMILES string of the molecule is CCc1cc2c(cc3n2C[C@](C)(C(=O)NC2CCCCCC2)N(C2CCCCCC2)C3=O)s1. The predicted octanol–water partition coefficient (Wildman–Crippen LogP) is 6.04. The lowest BCUT2D eigenvalue weighted by atomic mass is 9.89. The summed E-state index contributed by atoms with van der Waals surface area (Å²) in [6.45, 7) is 4.75. The van der Waals surface area contributed by atoms with Crippen LogP contribution in [-0.2, 0) is 17.8 Å². The molecule has 5 nitrogen and oxygen atoms in total. The van der Waals surface area contributed by atoms with Crippen LogP contribution < -0.4 is 5.32 Å². The number of carbonyl (C=O) groups is 2. The smallest absolute Gasteiger partial charge is 0.271 e. The summed E-state index contributed by atoms with van der Waals surface area (Å²) in [5.41, 5.74) is 1.03. The summed E-state index contributed by atoms with van der Waals surface area (Å²) in [4.78, 5) is 31.4. The van der Waals surface area contributed by atoms with E-state index in [0.717, 1.165) is 56.2 Å². The van der Waals surface area contributed by atoms with Gasteiger partial charge in [-0.1, -0.05) is 58.3 Å². The van der Waals surface area contributed by atoms with Gasteiger partial charge in [-0.3, -0.25) is 9.59 Å². The second-order valence-electron chi connectivity index (χ2n) is 10.7. The van der Waals surface area contributed by atoms with Crippen LogP contribution in [0.5, 0.6) is 0 Å². The largest absolute Gasteiger partial charge is 0.351 e. The van der Waals surface area contributed by atoms with Crippen molar-refractivity contribution in [3.05, 3.63) is 22.7 Å². The molecule has 6 heteroatoms. The zero-order valence-corrected chi connectivity index (χ0v) is 21.1. The van der Waals surface area contributed by atoms with Crippen molar-refractivity contribution < 1.29 is 9.59 Å². The maximum absolute atomic E-state index is 14.0. The molecule has 3 aliphatic rings. The van der Waals surface area contributed by atoms with Gasteiger partial charge in [0, 0.05) is 17.0 Å². The van der Waals surface area contributed by atoms with Gasteiger partial charge in [0.2, 0.25) is 5.91 Å².